The Balaban J connectivity index is 1.66. The Morgan fingerprint density at radius 3 is 2.64 bits per heavy atom. The second-order valence-corrected chi connectivity index (χ2v) is 6.72. The van der Waals surface area contributed by atoms with Crippen LogP contribution in [0.4, 0.5) is 22.1 Å². The number of nitrogens with zero attached hydrogens (tertiary/aromatic N) is 4. The number of hydrogen-bond acceptors (Lipinski definition) is 7. The predicted octanol–water partition coefficient (Wildman–Crippen LogP) is 3.29. The zero-order chi connectivity index (χ0) is 19.9. The van der Waals surface area contributed by atoms with E-state index in [4.69, 9.17) is 9.47 Å². The van der Waals surface area contributed by atoms with E-state index in [0.717, 1.165) is 17.3 Å². The average molecular weight is 385 g/mol. The quantitative estimate of drug-likeness (QED) is 0.817. The molecule has 8 heteroatoms. The Morgan fingerprint density at radius 1 is 1.18 bits per heavy atom. The highest BCUT2D eigenvalue weighted by atomic mass is 16.6. The number of carbonyl (C=O) groups is 1. The Labute approximate surface area is 165 Å². The van der Waals surface area contributed by atoms with Crippen molar-refractivity contribution in [2.24, 2.45) is 0 Å². The number of anilines is 3. The molecule has 150 valence electrons. The Morgan fingerprint density at radius 2 is 1.93 bits per heavy atom. The second-order valence-electron chi connectivity index (χ2n) is 6.72. The lowest BCUT2D eigenvalue weighted by atomic mass is 10.2. The Bertz CT molecular complexity index is 791. The van der Waals surface area contributed by atoms with Gasteiger partial charge in [0, 0.05) is 32.2 Å². The zero-order valence-corrected chi connectivity index (χ0v) is 16.6. The second kappa shape index (κ2) is 9.25. The van der Waals surface area contributed by atoms with Crippen LogP contribution in [0.25, 0.3) is 0 Å². The summed E-state index contributed by atoms with van der Waals surface area (Å²) in [7, 11) is 0. The number of ether oxygens (including phenoxy) is 2. The molecule has 1 aliphatic heterocycles. The van der Waals surface area contributed by atoms with E-state index in [2.05, 4.69) is 20.2 Å². The van der Waals surface area contributed by atoms with Gasteiger partial charge in [-0.15, -0.1) is 0 Å². The van der Waals surface area contributed by atoms with Gasteiger partial charge in [-0.1, -0.05) is 12.1 Å². The van der Waals surface area contributed by atoms with Gasteiger partial charge >= 0.3 is 6.09 Å². The highest BCUT2D eigenvalue weighted by molar-refractivity contribution is 5.68. The van der Waals surface area contributed by atoms with E-state index >= 15 is 0 Å². The summed E-state index contributed by atoms with van der Waals surface area (Å²) >= 11 is 0. The highest BCUT2D eigenvalue weighted by Gasteiger charge is 2.23. The van der Waals surface area contributed by atoms with Crippen LogP contribution >= 0.6 is 0 Å². The van der Waals surface area contributed by atoms with E-state index < -0.39 is 0 Å². The maximum Gasteiger partial charge on any atom is 0.409 e. The number of rotatable bonds is 6. The van der Waals surface area contributed by atoms with Crippen LogP contribution in [0.3, 0.4) is 0 Å². The lowest BCUT2D eigenvalue weighted by Crippen LogP contribution is -2.49. The summed E-state index contributed by atoms with van der Waals surface area (Å²) in [6, 6.07) is 9.69. The maximum absolute atomic E-state index is 11.8. The van der Waals surface area contributed by atoms with Crippen molar-refractivity contribution in [2.75, 3.05) is 43.0 Å². The molecule has 2 aromatic rings. The fraction of sp³-hybridized carbons (Fsp3) is 0.450. The van der Waals surface area contributed by atoms with E-state index in [1.54, 1.807) is 11.2 Å². The molecule has 1 aliphatic rings. The molecule has 8 nitrogen and oxygen atoms in total. The third-order valence-corrected chi connectivity index (χ3v) is 4.29. The van der Waals surface area contributed by atoms with Gasteiger partial charge in [0.1, 0.15) is 23.7 Å². The van der Waals surface area contributed by atoms with Gasteiger partial charge in [-0.25, -0.2) is 14.8 Å². The van der Waals surface area contributed by atoms with Crippen molar-refractivity contribution in [3.63, 3.8) is 0 Å². The minimum Gasteiger partial charge on any atom is -0.489 e. The molecule has 2 heterocycles. The smallest absolute Gasteiger partial charge is 0.409 e. The first-order valence-corrected chi connectivity index (χ1v) is 9.58. The van der Waals surface area contributed by atoms with Gasteiger partial charge in [0.25, 0.3) is 0 Å². The van der Waals surface area contributed by atoms with Gasteiger partial charge in [-0.3, -0.25) is 0 Å². The van der Waals surface area contributed by atoms with Crippen LogP contribution in [0.15, 0.2) is 36.7 Å². The third-order valence-electron chi connectivity index (χ3n) is 4.29. The fourth-order valence-corrected chi connectivity index (χ4v) is 2.99. The summed E-state index contributed by atoms with van der Waals surface area (Å²) in [5.74, 6) is 2.29. The predicted molar refractivity (Wildman–Crippen MR) is 108 cm³/mol. The van der Waals surface area contributed by atoms with Gasteiger partial charge < -0.3 is 24.6 Å². The molecule has 0 bridgehead atoms. The number of amides is 1. The highest BCUT2D eigenvalue weighted by Crippen LogP contribution is 2.28. The Kier molecular flexibility index (Phi) is 6.52. The maximum atomic E-state index is 11.8. The topological polar surface area (TPSA) is 79.8 Å². The van der Waals surface area contributed by atoms with Crippen LogP contribution in [0.2, 0.25) is 0 Å². The van der Waals surface area contributed by atoms with Gasteiger partial charge in [0.15, 0.2) is 0 Å². The van der Waals surface area contributed by atoms with Crippen LogP contribution in [-0.4, -0.2) is 59.9 Å². The van der Waals surface area contributed by atoms with E-state index in [9.17, 15) is 4.79 Å². The van der Waals surface area contributed by atoms with Gasteiger partial charge in [-0.05, 0) is 32.9 Å². The van der Waals surface area contributed by atoms with Crippen LogP contribution in [0.5, 0.6) is 5.75 Å². The van der Waals surface area contributed by atoms with Crippen molar-refractivity contribution >= 4 is 23.4 Å². The number of para-hydroxylation sites is 2. The number of piperazine rings is 1. The van der Waals surface area contributed by atoms with Crippen molar-refractivity contribution in [1.29, 1.82) is 0 Å². The summed E-state index contributed by atoms with van der Waals surface area (Å²) in [5.41, 5.74) is 0.855. The molecule has 0 atom stereocenters. The zero-order valence-electron chi connectivity index (χ0n) is 16.6. The first-order valence-electron chi connectivity index (χ1n) is 9.58. The molecular weight excluding hydrogens is 358 g/mol. The summed E-state index contributed by atoms with van der Waals surface area (Å²) < 4.78 is 10.9. The standard InChI is InChI=1S/C20H27N5O3/c1-4-27-20(26)25-11-9-24(10-12-25)19-13-18(21-14-22-19)23-16-7-5-6-8-17(16)28-15(2)3/h5-8,13-15H,4,9-12H2,1-3H3,(H,21,22,23). The van der Waals surface area contributed by atoms with Crippen molar-refractivity contribution < 1.29 is 14.3 Å². The van der Waals surface area contributed by atoms with Crippen LogP contribution in [-0.2, 0) is 4.74 Å². The minimum atomic E-state index is -0.256. The normalized spacial score (nSPS) is 14.1. The molecule has 0 unspecified atom stereocenters. The number of carbonyl (C=O) groups excluding carboxylic acids is 1. The fourth-order valence-electron chi connectivity index (χ4n) is 2.99. The van der Waals surface area contributed by atoms with Crippen molar-refractivity contribution in [3.05, 3.63) is 36.7 Å². The van der Waals surface area contributed by atoms with Gasteiger partial charge in [-0.2, -0.15) is 0 Å². The molecule has 1 amide bonds. The van der Waals surface area contributed by atoms with Crippen molar-refractivity contribution in [2.45, 2.75) is 26.9 Å². The Hall–Kier alpha value is -3.03. The molecule has 0 aliphatic carbocycles. The molecule has 1 fully saturated rings. The summed E-state index contributed by atoms with van der Waals surface area (Å²) in [6.45, 7) is 8.80. The number of aromatic nitrogens is 2. The first kappa shape index (κ1) is 19.7. The number of nitrogens with one attached hydrogen (secondary N) is 1. The van der Waals surface area contributed by atoms with Crippen molar-refractivity contribution in [3.8, 4) is 5.75 Å². The lowest BCUT2D eigenvalue weighted by molar-refractivity contribution is 0.105. The minimum absolute atomic E-state index is 0.0830. The largest absolute Gasteiger partial charge is 0.489 e. The van der Waals surface area contributed by atoms with E-state index in [-0.39, 0.29) is 12.2 Å². The molecule has 3 rings (SSSR count). The van der Waals surface area contributed by atoms with E-state index in [1.165, 1.54) is 0 Å². The molecule has 28 heavy (non-hydrogen) atoms. The molecular formula is C20H27N5O3. The summed E-state index contributed by atoms with van der Waals surface area (Å²) in [5, 5.41) is 3.31. The average Bonchev–Trinajstić information content (AvgIpc) is 2.70. The SMILES string of the molecule is CCOC(=O)N1CCN(c2cc(Nc3ccccc3OC(C)C)ncn2)CC1. The summed E-state index contributed by atoms with van der Waals surface area (Å²) in [4.78, 5) is 24.4. The molecule has 1 N–H and O–H groups in total. The molecule has 0 saturated carbocycles. The number of hydrogen-bond donors (Lipinski definition) is 1. The lowest BCUT2D eigenvalue weighted by Gasteiger charge is -2.34. The molecule has 1 aromatic carbocycles. The monoisotopic (exact) mass is 385 g/mol. The first-order chi connectivity index (χ1) is 13.6. The summed E-state index contributed by atoms with van der Waals surface area (Å²) in [6.07, 6.45) is 1.37. The van der Waals surface area contributed by atoms with Crippen molar-refractivity contribution in [1.82, 2.24) is 14.9 Å². The molecule has 1 aromatic heterocycles. The molecule has 0 radical (unpaired) electrons. The van der Waals surface area contributed by atoms with Crippen LogP contribution in [0, 0.1) is 0 Å². The molecule has 1 saturated heterocycles. The number of benzene rings is 1. The van der Waals surface area contributed by atoms with Crippen LogP contribution in [0.1, 0.15) is 20.8 Å². The van der Waals surface area contributed by atoms with Gasteiger partial charge in [0.2, 0.25) is 0 Å². The third kappa shape index (κ3) is 5.03. The molecule has 0 spiro atoms. The van der Waals surface area contributed by atoms with E-state index in [0.29, 0.717) is 38.6 Å². The van der Waals surface area contributed by atoms with Crippen LogP contribution < -0.4 is 15.0 Å². The van der Waals surface area contributed by atoms with E-state index in [1.807, 2.05) is 51.1 Å². The van der Waals surface area contributed by atoms with Gasteiger partial charge in [0.05, 0.1) is 18.4 Å².